The summed E-state index contributed by atoms with van der Waals surface area (Å²) in [5, 5.41) is 11.6. The third-order valence-electron chi connectivity index (χ3n) is 3.14. The van der Waals surface area contributed by atoms with Gasteiger partial charge in [-0.1, -0.05) is 28.1 Å². The van der Waals surface area contributed by atoms with E-state index >= 15 is 0 Å². The molecule has 9 heteroatoms. The highest BCUT2D eigenvalue weighted by Crippen LogP contribution is 2.15. The number of rotatable bonds is 4. The molecule has 0 aliphatic carbocycles. The van der Waals surface area contributed by atoms with Crippen molar-refractivity contribution in [1.29, 1.82) is 0 Å². The number of aromatic hydroxyl groups is 1. The molecular weight excluding hydrogens is 437 g/mol. The second kappa shape index (κ2) is 9.79. The molecule has 4 N–H and O–H groups in total. The van der Waals surface area contributed by atoms with Crippen molar-refractivity contribution in [2.24, 2.45) is 0 Å². The van der Waals surface area contributed by atoms with E-state index in [1.807, 2.05) is 0 Å². The molecule has 0 fully saturated rings. The van der Waals surface area contributed by atoms with Gasteiger partial charge in [-0.05, 0) is 59.8 Å². The van der Waals surface area contributed by atoms with Crippen molar-refractivity contribution in [3.05, 3.63) is 70.0 Å². The fourth-order valence-corrected chi connectivity index (χ4v) is 2.69. The third kappa shape index (κ3) is 7.55. The maximum atomic E-state index is 13.3. The standard InChI is InChI=1S/C18H15BrFN3O3S/c19-13-6-12(7-14(20)10-13)4-5-16(25)21-18(27)23-22-17(26)9-11-2-1-3-15(24)8-11/h1-8,10,24H,9H2,(H,22,26)(H2,21,23,25,27)/b5-4+. The average molecular weight is 452 g/mol. The van der Waals surface area contributed by atoms with Crippen LogP contribution in [-0.4, -0.2) is 22.0 Å². The van der Waals surface area contributed by atoms with Crippen molar-refractivity contribution in [1.82, 2.24) is 16.2 Å². The van der Waals surface area contributed by atoms with Crippen molar-refractivity contribution >= 4 is 51.2 Å². The molecule has 140 valence electrons. The van der Waals surface area contributed by atoms with Crippen molar-refractivity contribution in [2.45, 2.75) is 6.42 Å². The number of halogens is 2. The van der Waals surface area contributed by atoms with E-state index in [2.05, 4.69) is 32.1 Å². The number of carbonyl (C=O) groups is 2. The van der Waals surface area contributed by atoms with Gasteiger partial charge in [-0.2, -0.15) is 0 Å². The molecule has 0 heterocycles. The van der Waals surface area contributed by atoms with Gasteiger partial charge in [-0.25, -0.2) is 4.39 Å². The molecule has 27 heavy (non-hydrogen) atoms. The molecule has 0 saturated heterocycles. The quantitative estimate of drug-likeness (QED) is 0.325. The molecule has 0 unspecified atom stereocenters. The van der Waals surface area contributed by atoms with Crippen LogP contribution in [0.5, 0.6) is 5.75 Å². The largest absolute Gasteiger partial charge is 0.508 e. The van der Waals surface area contributed by atoms with Crippen molar-refractivity contribution < 1.29 is 19.1 Å². The third-order valence-corrected chi connectivity index (χ3v) is 3.80. The van der Waals surface area contributed by atoms with Gasteiger partial charge in [0.15, 0.2) is 5.11 Å². The Morgan fingerprint density at radius 3 is 2.67 bits per heavy atom. The number of hydrogen-bond acceptors (Lipinski definition) is 4. The van der Waals surface area contributed by atoms with Gasteiger partial charge in [0, 0.05) is 10.5 Å². The van der Waals surface area contributed by atoms with Gasteiger partial charge in [0.05, 0.1) is 6.42 Å². The van der Waals surface area contributed by atoms with E-state index in [1.54, 1.807) is 18.2 Å². The number of carbonyl (C=O) groups excluding carboxylic acids is 2. The van der Waals surface area contributed by atoms with Crippen LogP contribution in [0.1, 0.15) is 11.1 Å². The Morgan fingerprint density at radius 1 is 1.19 bits per heavy atom. The Kier molecular flexibility index (Phi) is 7.44. The Morgan fingerprint density at radius 2 is 1.96 bits per heavy atom. The molecule has 2 rings (SSSR count). The van der Waals surface area contributed by atoms with Crippen molar-refractivity contribution in [3.8, 4) is 5.75 Å². The summed E-state index contributed by atoms with van der Waals surface area (Å²) in [6.07, 6.45) is 2.63. The molecule has 2 amide bonds. The Bertz CT molecular complexity index is 885. The molecule has 0 saturated carbocycles. The predicted molar refractivity (Wildman–Crippen MR) is 107 cm³/mol. The highest BCUT2D eigenvalue weighted by atomic mass is 79.9. The van der Waals surface area contributed by atoms with Gasteiger partial charge in [-0.3, -0.25) is 25.8 Å². The summed E-state index contributed by atoms with van der Waals surface area (Å²) in [6, 6.07) is 10.5. The van der Waals surface area contributed by atoms with Crippen LogP contribution < -0.4 is 16.2 Å². The molecule has 0 bridgehead atoms. The van der Waals surface area contributed by atoms with Crippen LogP contribution in [-0.2, 0) is 16.0 Å². The summed E-state index contributed by atoms with van der Waals surface area (Å²) in [6.45, 7) is 0. The fraction of sp³-hybridized carbons (Fsp3) is 0.0556. The molecule has 0 spiro atoms. The zero-order valence-corrected chi connectivity index (χ0v) is 16.2. The Balaban J connectivity index is 1.78. The summed E-state index contributed by atoms with van der Waals surface area (Å²) in [4.78, 5) is 23.6. The van der Waals surface area contributed by atoms with E-state index in [9.17, 15) is 19.1 Å². The molecule has 0 aliphatic rings. The zero-order chi connectivity index (χ0) is 19.8. The van der Waals surface area contributed by atoms with Crippen LogP contribution in [0.3, 0.4) is 0 Å². The summed E-state index contributed by atoms with van der Waals surface area (Å²) in [5.41, 5.74) is 5.85. The van der Waals surface area contributed by atoms with Gasteiger partial charge in [0.2, 0.25) is 11.8 Å². The number of thiocarbonyl (C=S) groups is 1. The summed E-state index contributed by atoms with van der Waals surface area (Å²) in [7, 11) is 0. The van der Waals surface area contributed by atoms with E-state index in [0.29, 0.717) is 15.6 Å². The molecule has 2 aromatic carbocycles. The van der Waals surface area contributed by atoms with Gasteiger partial charge in [0.25, 0.3) is 0 Å². The van der Waals surface area contributed by atoms with Crippen molar-refractivity contribution in [2.75, 3.05) is 0 Å². The number of phenols is 1. The normalized spacial score (nSPS) is 10.4. The molecule has 0 radical (unpaired) electrons. The summed E-state index contributed by atoms with van der Waals surface area (Å²) >= 11 is 8.07. The van der Waals surface area contributed by atoms with Crippen LogP contribution in [0.25, 0.3) is 6.08 Å². The fourth-order valence-electron chi connectivity index (χ4n) is 2.05. The minimum Gasteiger partial charge on any atom is -0.508 e. The van der Waals surface area contributed by atoms with Gasteiger partial charge in [0.1, 0.15) is 11.6 Å². The number of hydrogen-bond donors (Lipinski definition) is 4. The Labute approximate surface area is 168 Å². The first-order valence-electron chi connectivity index (χ1n) is 7.64. The van der Waals surface area contributed by atoms with Crippen LogP contribution in [0.2, 0.25) is 0 Å². The summed E-state index contributed by atoms with van der Waals surface area (Å²) in [5.74, 6) is -1.32. The van der Waals surface area contributed by atoms with Crippen LogP contribution in [0.4, 0.5) is 4.39 Å². The number of phenolic OH excluding ortho intramolecular Hbond substituents is 1. The van der Waals surface area contributed by atoms with Crippen molar-refractivity contribution in [3.63, 3.8) is 0 Å². The molecule has 2 aromatic rings. The summed E-state index contributed by atoms with van der Waals surface area (Å²) < 4.78 is 13.8. The second-order valence-electron chi connectivity index (χ2n) is 5.37. The molecule has 0 aliphatic heterocycles. The van der Waals surface area contributed by atoms with Gasteiger partial charge in [-0.15, -0.1) is 0 Å². The molecule has 6 nitrogen and oxygen atoms in total. The second-order valence-corrected chi connectivity index (χ2v) is 6.70. The highest BCUT2D eigenvalue weighted by Gasteiger charge is 2.06. The molecule has 0 atom stereocenters. The van der Waals surface area contributed by atoms with E-state index < -0.39 is 17.6 Å². The average Bonchev–Trinajstić information content (AvgIpc) is 2.57. The predicted octanol–water partition coefficient (Wildman–Crippen LogP) is 2.57. The lowest BCUT2D eigenvalue weighted by Crippen LogP contribution is -2.48. The van der Waals surface area contributed by atoms with E-state index in [1.165, 1.54) is 36.4 Å². The zero-order valence-electron chi connectivity index (χ0n) is 13.8. The maximum absolute atomic E-state index is 13.3. The first-order valence-corrected chi connectivity index (χ1v) is 8.84. The minimum absolute atomic E-state index is 0.0202. The van der Waals surface area contributed by atoms with Gasteiger partial charge >= 0.3 is 0 Å². The number of nitrogens with one attached hydrogen (secondary N) is 3. The highest BCUT2D eigenvalue weighted by molar-refractivity contribution is 9.10. The van der Waals surface area contributed by atoms with E-state index in [4.69, 9.17) is 12.2 Å². The number of benzene rings is 2. The first-order chi connectivity index (χ1) is 12.8. The van der Waals surface area contributed by atoms with Crippen LogP contribution in [0.15, 0.2) is 53.0 Å². The lowest BCUT2D eigenvalue weighted by atomic mass is 10.1. The van der Waals surface area contributed by atoms with E-state index in [0.717, 1.165) is 0 Å². The monoisotopic (exact) mass is 451 g/mol. The lowest BCUT2D eigenvalue weighted by Gasteiger charge is -2.09. The SMILES string of the molecule is O=C(/C=C/c1cc(F)cc(Br)c1)NC(=S)NNC(=O)Cc1cccc(O)c1. The Hall–Kier alpha value is -2.78. The van der Waals surface area contributed by atoms with Gasteiger partial charge < -0.3 is 5.11 Å². The first kappa shape index (κ1) is 20.5. The van der Waals surface area contributed by atoms with Crippen LogP contribution >= 0.6 is 28.1 Å². The van der Waals surface area contributed by atoms with Crippen LogP contribution in [0, 0.1) is 5.82 Å². The minimum atomic E-state index is -0.546. The smallest absolute Gasteiger partial charge is 0.250 e. The molecule has 0 aromatic heterocycles. The maximum Gasteiger partial charge on any atom is 0.250 e. The lowest BCUT2D eigenvalue weighted by molar-refractivity contribution is -0.121. The number of amides is 2. The van der Waals surface area contributed by atoms with E-state index in [-0.39, 0.29) is 17.3 Å². The topological polar surface area (TPSA) is 90.5 Å². The number of hydrazine groups is 1. The molecular formula is C18H15BrFN3O3S.